The molecule has 0 atom stereocenters. The predicted molar refractivity (Wildman–Crippen MR) is 104 cm³/mol. The Balaban J connectivity index is 2.77. The van der Waals surface area contributed by atoms with E-state index in [0.29, 0.717) is 15.0 Å². The van der Waals surface area contributed by atoms with E-state index in [4.69, 9.17) is 0 Å². The van der Waals surface area contributed by atoms with Gasteiger partial charge in [0.2, 0.25) is 0 Å². The minimum absolute atomic E-state index is 0.276. The van der Waals surface area contributed by atoms with Gasteiger partial charge < -0.3 is 0 Å². The zero-order valence-electron chi connectivity index (χ0n) is 15.9. The maximum atomic E-state index is 14.7. The lowest BCUT2D eigenvalue weighted by atomic mass is 10.2. The molecule has 0 radical (unpaired) electrons. The third kappa shape index (κ3) is 4.59. The van der Waals surface area contributed by atoms with Gasteiger partial charge in [-0.25, -0.2) is 13.8 Å². The average Bonchev–Trinajstić information content (AvgIpc) is 2.56. The zero-order valence-corrected chi connectivity index (χ0v) is 17.7. The number of hydrogen-bond acceptors (Lipinski definition) is 3. The first-order chi connectivity index (χ1) is 12.8. The Labute approximate surface area is 164 Å². The number of hydrogen-bond donors (Lipinski definition) is 0. The van der Waals surface area contributed by atoms with Crippen LogP contribution in [-0.4, -0.2) is 23.5 Å². The van der Waals surface area contributed by atoms with Crippen LogP contribution in [0, 0.1) is 17.3 Å². The van der Waals surface area contributed by atoms with Gasteiger partial charge in [-0.05, 0) is 18.4 Å². The molecule has 0 N–H and O–H groups in total. The van der Waals surface area contributed by atoms with Gasteiger partial charge in [0, 0.05) is 23.6 Å². The number of nitrogens with zero attached hydrogens (tertiary/aromatic N) is 2. The standard InChI is InChI=1S/C18H18F4N2O2SSi/c1-23-15(18(20,21)22)10-16(25)24(17(23)26)13-9-14(27-2)11(8-12(13)19)6-7-28(3,4)5/h8-10H,1-5H3. The normalized spacial score (nSPS) is 11.9. The van der Waals surface area contributed by atoms with Crippen LogP contribution in [0.1, 0.15) is 11.3 Å². The first-order valence-electron chi connectivity index (χ1n) is 8.07. The van der Waals surface area contributed by atoms with E-state index in [1.54, 1.807) is 6.26 Å². The Hall–Kier alpha value is -2.25. The quantitative estimate of drug-likeness (QED) is 0.316. The van der Waals surface area contributed by atoms with Crippen LogP contribution < -0.4 is 11.2 Å². The van der Waals surface area contributed by atoms with Crippen LogP contribution in [0.25, 0.3) is 5.69 Å². The van der Waals surface area contributed by atoms with Crippen molar-refractivity contribution in [3.05, 3.63) is 56.1 Å². The van der Waals surface area contributed by atoms with Crippen molar-refractivity contribution in [2.75, 3.05) is 6.26 Å². The number of aromatic nitrogens is 2. The molecule has 1 heterocycles. The minimum Gasteiger partial charge on any atom is -0.292 e. The smallest absolute Gasteiger partial charge is 0.292 e. The molecule has 0 fully saturated rings. The van der Waals surface area contributed by atoms with E-state index in [0.717, 1.165) is 13.1 Å². The summed E-state index contributed by atoms with van der Waals surface area (Å²) in [4.78, 5) is 25.1. The van der Waals surface area contributed by atoms with Crippen molar-refractivity contribution < 1.29 is 17.6 Å². The van der Waals surface area contributed by atoms with Crippen LogP contribution >= 0.6 is 11.8 Å². The topological polar surface area (TPSA) is 44.0 Å². The highest BCUT2D eigenvalue weighted by molar-refractivity contribution is 7.98. The summed E-state index contributed by atoms with van der Waals surface area (Å²) in [7, 11) is -0.851. The largest absolute Gasteiger partial charge is 0.431 e. The molecule has 2 rings (SSSR count). The molecule has 4 nitrogen and oxygen atoms in total. The van der Waals surface area contributed by atoms with Crippen LogP contribution in [0.15, 0.2) is 32.7 Å². The summed E-state index contributed by atoms with van der Waals surface area (Å²) in [5, 5.41) is 0. The molecule has 28 heavy (non-hydrogen) atoms. The summed E-state index contributed by atoms with van der Waals surface area (Å²) in [6.07, 6.45) is -3.17. The second-order valence-electron chi connectivity index (χ2n) is 7.05. The highest BCUT2D eigenvalue weighted by Crippen LogP contribution is 2.28. The Morgan fingerprint density at radius 2 is 1.71 bits per heavy atom. The van der Waals surface area contributed by atoms with Crippen LogP contribution in [0.2, 0.25) is 19.6 Å². The number of benzene rings is 1. The second-order valence-corrected chi connectivity index (χ2v) is 12.6. The Kier molecular flexibility index (Phi) is 6.01. The van der Waals surface area contributed by atoms with Gasteiger partial charge in [-0.2, -0.15) is 13.2 Å². The molecule has 0 aliphatic rings. The summed E-state index contributed by atoms with van der Waals surface area (Å²) in [6.45, 7) is 6.07. The van der Waals surface area contributed by atoms with Crippen molar-refractivity contribution in [3.8, 4) is 17.2 Å². The molecule has 2 aromatic rings. The van der Waals surface area contributed by atoms with Gasteiger partial charge in [0.15, 0.2) is 0 Å². The molecule has 0 unspecified atom stereocenters. The fourth-order valence-corrected chi connectivity index (χ4v) is 3.42. The molecule has 0 bridgehead atoms. The summed E-state index contributed by atoms with van der Waals surface area (Å²) in [5.74, 6) is 2.00. The lowest BCUT2D eigenvalue weighted by Gasteiger charge is -2.15. The van der Waals surface area contributed by atoms with E-state index in [1.807, 2.05) is 19.6 Å². The summed E-state index contributed by atoms with van der Waals surface area (Å²) < 4.78 is 54.3. The van der Waals surface area contributed by atoms with E-state index in [9.17, 15) is 27.2 Å². The van der Waals surface area contributed by atoms with Crippen molar-refractivity contribution >= 4 is 19.8 Å². The van der Waals surface area contributed by atoms with Gasteiger partial charge in [-0.3, -0.25) is 9.36 Å². The molecule has 0 aliphatic carbocycles. The maximum Gasteiger partial charge on any atom is 0.431 e. The van der Waals surface area contributed by atoms with Crippen LogP contribution in [0.5, 0.6) is 0 Å². The monoisotopic (exact) mass is 430 g/mol. The molecule has 0 saturated carbocycles. The van der Waals surface area contributed by atoms with Crippen molar-refractivity contribution in [2.24, 2.45) is 7.05 Å². The number of alkyl halides is 3. The summed E-state index contributed by atoms with van der Waals surface area (Å²) >= 11 is 1.23. The van der Waals surface area contributed by atoms with Gasteiger partial charge in [-0.15, -0.1) is 17.3 Å². The van der Waals surface area contributed by atoms with Crippen molar-refractivity contribution in [3.63, 3.8) is 0 Å². The predicted octanol–water partition coefficient (Wildman–Crippen LogP) is 3.64. The molecule has 150 valence electrons. The molecule has 0 amide bonds. The molecular weight excluding hydrogens is 412 g/mol. The van der Waals surface area contributed by atoms with Crippen molar-refractivity contribution in [1.82, 2.24) is 9.13 Å². The van der Waals surface area contributed by atoms with Crippen LogP contribution in [0.3, 0.4) is 0 Å². The van der Waals surface area contributed by atoms with Crippen LogP contribution in [0.4, 0.5) is 17.6 Å². The highest BCUT2D eigenvalue weighted by atomic mass is 32.2. The first kappa shape index (κ1) is 22.0. The first-order valence-corrected chi connectivity index (χ1v) is 12.8. The average molecular weight is 430 g/mol. The SMILES string of the molecule is CSc1cc(-n2c(=O)cc(C(F)(F)F)n(C)c2=O)c(F)cc1C#C[Si](C)(C)C. The number of halogens is 4. The molecular formula is C18H18F4N2O2SSi. The molecule has 1 aromatic carbocycles. The molecule has 0 aliphatic heterocycles. The fraction of sp³-hybridized carbons (Fsp3) is 0.333. The number of thioether (sulfide) groups is 1. The summed E-state index contributed by atoms with van der Waals surface area (Å²) in [5.41, 5.74) is -0.862. The molecule has 0 spiro atoms. The van der Waals surface area contributed by atoms with Gasteiger partial charge in [-0.1, -0.05) is 25.6 Å². The molecule has 0 saturated heterocycles. The van der Waals surface area contributed by atoms with Gasteiger partial charge in [0.05, 0.1) is 5.69 Å². The van der Waals surface area contributed by atoms with Gasteiger partial charge >= 0.3 is 11.9 Å². The van der Waals surface area contributed by atoms with E-state index >= 15 is 0 Å². The minimum atomic E-state index is -4.88. The third-order valence-electron chi connectivity index (χ3n) is 3.69. The van der Waals surface area contributed by atoms with E-state index in [1.165, 1.54) is 17.8 Å². The summed E-state index contributed by atoms with van der Waals surface area (Å²) in [6, 6.07) is 2.63. The van der Waals surface area contributed by atoms with Gasteiger partial charge in [0.1, 0.15) is 19.6 Å². The molecule has 1 aromatic heterocycles. The highest BCUT2D eigenvalue weighted by Gasteiger charge is 2.35. The Morgan fingerprint density at radius 3 is 2.21 bits per heavy atom. The zero-order chi connectivity index (χ0) is 21.4. The fourth-order valence-electron chi connectivity index (χ4n) is 2.35. The Morgan fingerprint density at radius 1 is 1.11 bits per heavy atom. The van der Waals surface area contributed by atoms with E-state index in [2.05, 4.69) is 11.5 Å². The Bertz CT molecular complexity index is 1100. The van der Waals surface area contributed by atoms with Crippen molar-refractivity contribution in [1.29, 1.82) is 0 Å². The van der Waals surface area contributed by atoms with E-state index in [-0.39, 0.29) is 10.6 Å². The molecule has 10 heteroatoms. The van der Waals surface area contributed by atoms with Crippen LogP contribution in [-0.2, 0) is 13.2 Å². The maximum absolute atomic E-state index is 14.7. The lowest BCUT2D eigenvalue weighted by molar-refractivity contribution is -0.144. The lowest BCUT2D eigenvalue weighted by Crippen LogP contribution is -2.41. The number of rotatable bonds is 2. The van der Waals surface area contributed by atoms with Gasteiger partial charge in [0.25, 0.3) is 5.56 Å². The third-order valence-corrected chi connectivity index (χ3v) is 5.35. The van der Waals surface area contributed by atoms with Crippen molar-refractivity contribution in [2.45, 2.75) is 30.7 Å². The van der Waals surface area contributed by atoms with E-state index < -0.39 is 42.7 Å². The second kappa shape index (κ2) is 7.64.